The number of nitrogens with zero attached hydrogens (tertiary/aromatic N) is 2. The Balaban J connectivity index is 1.92. The van der Waals surface area contributed by atoms with Gasteiger partial charge in [0, 0.05) is 30.3 Å². The summed E-state index contributed by atoms with van der Waals surface area (Å²) in [6, 6.07) is 5.02. The average Bonchev–Trinajstić information content (AvgIpc) is 3.04. The van der Waals surface area contributed by atoms with Gasteiger partial charge in [-0.1, -0.05) is 12.1 Å². The second-order valence-corrected chi connectivity index (χ2v) is 5.82. The van der Waals surface area contributed by atoms with E-state index >= 15 is 0 Å². The third-order valence-electron chi connectivity index (χ3n) is 3.66. The lowest BCUT2D eigenvalue weighted by atomic mass is 10.1. The van der Waals surface area contributed by atoms with E-state index in [9.17, 15) is 10.1 Å². The molecule has 1 aromatic carbocycles. The summed E-state index contributed by atoms with van der Waals surface area (Å²) in [6.45, 7) is 4.92. The molecule has 1 aliphatic rings. The lowest BCUT2D eigenvalue weighted by molar-refractivity contribution is -0.385. The largest absolute Gasteiger partial charge is 0.376 e. The zero-order chi connectivity index (χ0) is 16.8. The molecule has 2 rings (SSSR count). The van der Waals surface area contributed by atoms with Gasteiger partial charge in [-0.2, -0.15) is 5.10 Å². The molecule has 1 heterocycles. The van der Waals surface area contributed by atoms with Crippen molar-refractivity contribution in [2.75, 3.05) is 13.2 Å². The van der Waals surface area contributed by atoms with Gasteiger partial charge in [0.15, 0.2) is 5.11 Å². The standard InChI is InChI=1S/C15H20N4O3S/c1-10-5-6-12(8-14(10)19(20)21)11(2)17-18-15(23)16-9-13-4-3-7-22-13/h5-6,8,13H,3-4,7,9H2,1-2H3,(H2,16,18,23)/b17-11-/t13-/m1/s1. The Morgan fingerprint density at radius 3 is 3.00 bits per heavy atom. The second-order valence-electron chi connectivity index (χ2n) is 5.41. The van der Waals surface area contributed by atoms with Gasteiger partial charge in [0.1, 0.15) is 0 Å². The van der Waals surface area contributed by atoms with Gasteiger partial charge in [-0.15, -0.1) is 0 Å². The Labute approximate surface area is 140 Å². The van der Waals surface area contributed by atoms with Gasteiger partial charge in [0.25, 0.3) is 5.69 Å². The van der Waals surface area contributed by atoms with Crippen LogP contribution in [0.5, 0.6) is 0 Å². The third kappa shape index (κ3) is 4.97. The summed E-state index contributed by atoms with van der Waals surface area (Å²) in [4.78, 5) is 10.6. The quantitative estimate of drug-likeness (QED) is 0.371. The number of hydrazone groups is 1. The fourth-order valence-electron chi connectivity index (χ4n) is 2.28. The molecule has 7 nitrogen and oxygen atoms in total. The highest BCUT2D eigenvalue weighted by atomic mass is 32.1. The first kappa shape index (κ1) is 17.3. The van der Waals surface area contributed by atoms with E-state index in [2.05, 4.69) is 15.8 Å². The van der Waals surface area contributed by atoms with Crippen LogP contribution >= 0.6 is 12.2 Å². The molecule has 0 aliphatic carbocycles. The highest BCUT2D eigenvalue weighted by molar-refractivity contribution is 7.80. The lowest BCUT2D eigenvalue weighted by Gasteiger charge is -2.12. The van der Waals surface area contributed by atoms with Crippen LogP contribution in [0.3, 0.4) is 0 Å². The molecule has 0 amide bonds. The van der Waals surface area contributed by atoms with Crippen LogP contribution in [-0.4, -0.2) is 35.0 Å². The monoisotopic (exact) mass is 336 g/mol. The second kappa shape index (κ2) is 7.98. The predicted octanol–water partition coefficient (Wildman–Crippen LogP) is 2.27. The minimum atomic E-state index is -0.396. The predicted molar refractivity (Wildman–Crippen MR) is 92.8 cm³/mol. The summed E-state index contributed by atoms with van der Waals surface area (Å²) in [5.74, 6) is 0. The summed E-state index contributed by atoms with van der Waals surface area (Å²) in [7, 11) is 0. The maximum absolute atomic E-state index is 11.0. The number of rotatable bonds is 5. The minimum absolute atomic E-state index is 0.0798. The number of hydrogen-bond acceptors (Lipinski definition) is 5. The topological polar surface area (TPSA) is 88.8 Å². The van der Waals surface area contributed by atoms with Crippen molar-refractivity contribution < 1.29 is 9.66 Å². The van der Waals surface area contributed by atoms with E-state index in [1.807, 2.05) is 0 Å². The molecule has 1 aromatic rings. The summed E-state index contributed by atoms with van der Waals surface area (Å²) >= 11 is 5.15. The van der Waals surface area contributed by atoms with Gasteiger partial charge >= 0.3 is 0 Å². The first-order valence-electron chi connectivity index (χ1n) is 7.42. The highest BCUT2D eigenvalue weighted by Gasteiger charge is 2.15. The van der Waals surface area contributed by atoms with Crippen LogP contribution < -0.4 is 10.7 Å². The maximum Gasteiger partial charge on any atom is 0.272 e. The Morgan fingerprint density at radius 2 is 2.35 bits per heavy atom. The van der Waals surface area contributed by atoms with E-state index < -0.39 is 4.92 Å². The number of thiocarbonyl (C=S) groups is 1. The molecular formula is C15H20N4O3S. The van der Waals surface area contributed by atoms with Gasteiger partial charge in [0.05, 0.1) is 16.7 Å². The van der Waals surface area contributed by atoms with Crippen LogP contribution in [0.15, 0.2) is 23.3 Å². The number of nitro benzene ring substituents is 1. The SMILES string of the molecule is C/C(=N/NC(=S)NC[C@H]1CCCO1)c1ccc(C)c([N+](=O)[O-])c1. The van der Waals surface area contributed by atoms with Crippen LogP contribution in [-0.2, 0) is 4.74 Å². The Bertz CT molecular complexity index is 627. The molecule has 124 valence electrons. The molecule has 1 fully saturated rings. The van der Waals surface area contributed by atoms with E-state index in [-0.39, 0.29) is 11.8 Å². The Kier molecular flexibility index (Phi) is 6.00. The fourth-order valence-corrected chi connectivity index (χ4v) is 2.41. The van der Waals surface area contributed by atoms with Crippen LogP contribution in [0.25, 0.3) is 0 Å². The van der Waals surface area contributed by atoms with Crippen molar-refractivity contribution in [1.82, 2.24) is 10.7 Å². The summed E-state index contributed by atoms with van der Waals surface area (Å²) < 4.78 is 5.50. The van der Waals surface area contributed by atoms with Crippen molar-refractivity contribution in [3.05, 3.63) is 39.4 Å². The van der Waals surface area contributed by atoms with E-state index in [1.165, 1.54) is 6.07 Å². The van der Waals surface area contributed by atoms with Crippen LogP contribution in [0.1, 0.15) is 30.9 Å². The summed E-state index contributed by atoms with van der Waals surface area (Å²) in [6.07, 6.45) is 2.31. The van der Waals surface area contributed by atoms with Gasteiger partial charge in [-0.25, -0.2) is 0 Å². The number of ether oxygens (including phenoxy) is 1. The molecule has 23 heavy (non-hydrogen) atoms. The normalized spacial score (nSPS) is 17.8. The number of nitro groups is 1. The smallest absolute Gasteiger partial charge is 0.272 e. The highest BCUT2D eigenvalue weighted by Crippen LogP contribution is 2.19. The van der Waals surface area contributed by atoms with E-state index in [1.54, 1.807) is 26.0 Å². The molecule has 0 spiro atoms. The van der Waals surface area contributed by atoms with Crippen LogP contribution in [0, 0.1) is 17.0 Å². The molecule has 0 unspecified atom stereocenters. The number of nitrogens with one attached hydrogen (secondary N) is 2. The van der Waals surface area contributed by atoms with Crippen molar-refractivity contribution in [2.24, 2.45) is 5.10 Å². The molecular weight excluding hydrogens is 316 g/mol. The number of benzene rings is 1. The van der Waals surface area contributed by atoms with Crippen LogP contribution in [0.2, 0.25) is 0 Å². The molecule has 0 radical (unpaired) electrons. The van der Waals surface area contributed by atoms with Gasteiger partial charge in [0.2, 0.25) is 0 Å². The zero-order valence-corrected chi connectivity index (χ0v) is 14.0. The Hall–Kier alpha value is -2.06. The molecule has 0 bridgehead atoms. The van der Waals surface area contributed by atoms with Crippen molar-refractivity contribution in [3.63, 3.8) is 0 Å². The lowest BCUT2D eigenvalue weighted by Crippen LogP contribution is -2.37. The first-order valence-corrected chi connectivity index (χ1v) is 7.83. The van der Waals surface area contributed by atoms with E-state index in [4.69, 9.17) is 17.0 Å². The van der Waals surface area contributed by atoms with Crippen molar-refractivity contribution in [3.8, 4) is 0 Å². The van der Waals surface area contributed by atoms with Crippen molar-refractivity contribution >= 4 is 28.7 Å². The number of hydrogen-bond donors (Lipinski definition) is 2. The molecule has 1 saturated heterocycles. The molecule has 1 aliphatic heterocycles. The van der Waals surface area contributed by atoms with E-state index in [0.29, 0.717) is 28.5 Å². The third-order valence-corrected chi connectivity index (χ3v) is 3.90. The van der Waals surface area contributed by atoms with Crippen LogP contribution in [0.4, 0.5) is 5.69 Å². The van der Waals surface area contributed by atoms with Gasteiger partial charge < -0.3 is 10.1 Å². The molecule has 0 aromatic heterocycles. The minimum Gasteiger partial charge on any atom is -0.376 e. The van der Waals surface area contributed by atoms with Gasteiger partial charge in [-0.05, 0) is 38.9 Å². The average molecular weight is 336 g/mol. The maximum atomic E-state index is 11.0. The number of aryl methyl sites for hydroxylation is 1. The van der Waals surface area contributed by atoms with Crippen molar-refractivity contribution in [1.29, 1.82) is 0 Å². The molecule has 2 N–H and O–H groups in total. The first-order chi connectivity index (χ1) is 11.0. The summed E-state index contributed by atoms with van der Waals surface area (Å²) in [5, 5.41) is 18.6. The summed E-state index contributed by atoms with van der Waals surface area (Å²) in [5.41, 5.74) is 4.75. The van der Waals surface area contributed by atoms with Crippen molar-refractivity contribution in [2.45, 2.75) is 32.8 Å². The van der Waals surface area contributed by atoms with E-state index in [0.717, 1.165) is 19.4 Å². The fraction of sp³-hybridized carbons (Fsp3) is 0.467. The molecule has 1 atom stereocenters. The Morgan fingerprint density at radius 1 is 1.57 bits per heavy atom. The van der Waals surface area contributed by atoms with Gasteiger partial charge in [-0.3, -0.25) is 15.5 Å². The molecule has 0 saturated carbocycles. The molecule has 8 heteroatoms. The zero-order valence-electron chi connectivity index (χ0n) is 13.2.